The molecule has 0 spiro atoms. The van der Waals surface area contributed by atoms with E-state index in [1.165, 1.54) is 35.4 Å². The molecule has 1 amide bonds. The summed E-state index contributed by atoms with van der Waals surface area (Å²) in [7, 11) is 0. The van der Waals surface area contributed by atoms with Gasteiger partial charge in [-0.1, -0.05) is 0 Å². The molecule has 0 fully saturated rings. The van der Waals surface area contributed by atoms with Gasteiger partial charge in [0, 0.05) is 6.20 Å². The van der Waals surface area contributed by atoms with Crippen molar-refractivity contribution in [3.8, 4) is 5.69 Å². The summed E-state index contributed by atoms with van der Waals surface area (Å²) < 4.78 is 15.2. The number of pyridine rings is 1. The van der Waals surface area contributed by atoms with Crippen molar-refractivity contribution in [1.29, 1.82) is 0 Å². The van der Waals surface area contributed by atoms with Gasteiger partial charge in [0.15, 0.2) is 0 Å². The molecule has 1 N–H and O–H groups in total. The molecule has 1 aromatic carbocycles. The predicted octanol–water partition coefficient (Wildman–Crippen LogP) is 1.45. The molecule has 0 saturated carbocycles. The number of hydrogen-bond acceptors (Lipinski definition) is 5. The summed E-state index contributed by atoms with van der Waals surface area (Å²) in [6, 6.07) is 7.37. The highest BCUT2D eigenvalue weighted by Crippen LogP contribution is 2.15. The monoisotopic (exact) mass is 284 g/mol. The Labute approximate surface area is 118 Å². The third kappa shape index (κ3) is 2.73. The third-order valence-electron chi connectivity index (χ3n) is 2.73. The molecular weight excluding hydrogens is 275 g/mol. The van der Waals surface area contributed by atoms with Gasteiger partial charge in [-0.05, 0) is 40.8 Å². The van der Waals surface area contributed by atoms with Crippen molar-refractivity contribution in [2.75, 3.05) is 5.32 Å². The van der Waals surface area contributed by atoms with Gasteiger partial charge in [-0.25, -0.2) is 9.07 Å². The number of nitrogens with one attached hydrogen (secondary N) is 1. The quantitative estimate of drug-likeness (QED) is 0.786. The number of amides is 1. The van der Waals surface area contributed by atoms with Crippen LogP contribution in [0.1, 0.15) is 10.4 Å². The second-order valence-electron chi connectivity index (χ2n) is 4.11. The smallest absolute Gasteiger partial charge is 0.258 e. The minimum Gasteiger partial charge on any atom is -0.320 e. The van der Waals surface area contributed by atoms with Gasteiger partial charge in [0.1, 0.15) is 12.1 Å². The molecule has 2 aromatic heterocycles. The molecule has 2 heterocycles. The number of anilines is 1. The number of nitrogens with zero attached hydrogens (tertiary/aromatic N) is 5. The Bertz CT molecular complexity index is 760. The maximum absolute atomic E-state index is 13.8. The first-order valence-corrected chi connectivity index (χ1v) is 5.98. The average Bonchev–Trinajstić information content (AvgIpc) is 3.03. The van der Waals surface area contributed by atoms with Crippen LogP contribution in [0.15, 0.2) is 49.1 Å². The van der Waals surface area contributed by atoms with Crippen LogP contribution in [0.5, 0.6) is 0 Å². The lowest BCUT2D eigenvalue weighted by molar-refractivity contribution is 0.102. The second kappa shape index (κ2) is 5.45. The normalized spacial score (nSPS) is 10.3. The number of hydrogen-bond donors (Lipinski definition) is 1. The molecule has 0 unspecified atom stereocenters. The fraction of sp³-hybridized carbons (Fsp3) is 0. The van der Waals surface area contributed by atoms with E-state index in [1.54, 1.807) is 18.3 Å². The Kier molecular flexibility index (Phi) is 3.34. The van der Waals surface area contributed by atoms with Crippen molar-refractivity contribution in [2.24, 2.45) is 0 Å². The van der Waals surface area contributed by atoms with Crippen LogP contribution in [0.4, 0.5) is 10.1 Å². The van der Waals surface area contributed by atoms with E-state index in [-0.39, 0.29) is 5.56 Å². The minimum absolute atomic E-state index is 0.105. The van der Waals surface area contributed by atoms with E-state index in [2.05, 4.69) is 25.8 Å². The average molecular weight is 284 g/mol. The van der Waals surface area contributed by atoms with Gasteiger partial charge in [0.05, 0.1) is 23.1 Å². The van der Waals surface area contributed by atoms with Crippen molar-refractivity contribution in [3.63, 3.8) is 0 Å². The molecule has 8 heteroatoms. The van der Waals surface area contributed by atoms with Crippen LogP contribution in [0, 0.1) is 5.82 Å². The predicted molar refractivity (Wildman–Crippen MR) is 71.3 cm³/mol. The number of tetrazole rings is 1. The molecule has 3 aromatic rings. The fourth-order valence-corrected chi connectivity index (χ4v) is 1.74. The third-order valence-corrected chi connectivity index (χ3v) is 2.73. The van der Waals surface area contributed by atoms with Crippen molar-refractivity contribution in [1.82, 2.24) is 25.2 Å². The summed E-state index contributed by atoms with van der Waals surface area (Å²) in [5.41, 5.74) is 0.860. The molecular formula is C13H9FN6O. The van der Waals surface area contributed by atoms with Gasteiger partial charge in [0.2, 0.25) is 0 Å². The number of halogens is 1. The lowest BCUT2D eigenvalue weighted by Gasteiger charge is -2.07. The Morgan fingerprint density at radius 1 is 1.29 bits per heavy atom. The highest BCUT2D eigenvalue weighted by Gasteiger charge is 2.14. The van der Waals surface area contributed by atoms with Crippen molar-refractivity contribution in [3.05, 3.63) is 60.4 Å². The number of benzene rings is 1. The Morgan fingerprint density at radius 2 is 2.19 bits per heavy atom. The standard InChI is InChI=1S/C13H9FN6O/c14-12-4-3-10(20-8-16-18-19-20)6-11(12)13(21)17-9-2-1-5-15-7-9/h1-8H,(H,17,21). The number of aromatic nitrogens is 5. The summed E-state index contributed by atoms with van der Waals surface area (Å²) in [6.07, 6.45) is 4.41. The zero-order valence-electron chi connectivity index (χ0n) is 10.6. The number of carbonyl (C=O) groups is 1. The molecule has 0 radical (unpaired) electrons. The van der Waals surface area contributed by atoms with E-state index in [9.17, 15) is 9.18 Å². The summed E-state index contributed by atoms with van der Waals surface area (Å²) in [5, 5.41) is 13.2. The Balaban J connectivity index is 1.91. The largest absolute Gasteiger partial charge is 0.320 e. The van der Waals surface area contributed by atoms with E-state index in [4.69, 9.17) is 0 Å². The summed E-state index contributed by atoms with van der Waals surface area (Å²) in [4.78, 5) is 16.0. The highest BCUT2D eigenvalue weighted by atomic mass is 19.1. The first kappa shape index (κ1) is 12.9. The lowest BCUT2D eigenvalue weighted by atomic mass is 10.1. The SMILES string of the molecule is O=C(Nc1cccnc1)c1cc(-n2cnnn2)ccc1F. The van der Waals surface area contributed by atoms with Crippen LogP contribution in [-0.4, -0.2) is 31.1 Å². The number of rotatable bonds is 3. The van der Waals surface area contributed by atoms with E-state index < -0.39 is 11.7 Å². The highest BCUT2D eigenvalue weighted by molar-refractivity contribution is 6.04. The zero-order chi connectivity index (χ0) is 14.7. The Hall–Kier alpha value is -3.16. The van der Waals surface area contributed by atoms with Crippen molar-refractivity contribution >= 4 is 11.6 Å². The minimum atomic E-state index is -0.631. The molecule has 7 nitrogen and oxygen atoms in total. The summed E-state index contributed by atoms with van der Waals surface area (Å²) in [6.45, 7) is 0. The molecule has 0 aliphatic heterocycles. The van der Waals surface area contributed by atoms with Crippen LogP contribution in [-0.2, 0) is 0 Å². The van der Waals surface area contributed by atoms with Crippen LogP contribution in [0.2, 0.25) is 0 Å². The molecule has 0 aliphatic rings. The number of carbonyl (C=O) groups excluding carboxylic acids is 1. The van der Waals surface area contributed by atoms with Gasteiger partial charge in [-0.3, -0.25) is 9.78 Å². The Morgan fingerprint density at radius 3 is 2.90 bits per heavy atom. The second-order valence-corrected chi connectivity index (χ2v) is 4.11. The van der Waals surface area contributed by atoms with E-state index in [0.717, 1.165) is 0 Å². The van der Waals surface area contributed by atoms with Crippen molar-refractivity contribution < 1.29 is 9.18 Å². The molecule has 104 valence electrons. The lowest BCUT2D eigenvalue weighted by Crippen LogP contribution is -2.14. The molecule has 3 rings (SSSR count). The van der Waals surface area contributed by atoms with Gasteiger partial charge in [-0.15, -0.1) is 5.10 Å². The first-order valence-electron chi connectivity index (χ1n) is 5.98. The van der Waals surface area contributed by atoms with Crippen LogP contribution in [0.25, 0.3) is 5.69 Å². The van der Waals surface area contributed by atoms with Gasteiger partial charge >= 0.3 is 0 Å². The van der Waals surface area contributed by atoms with Gasteiger partial charge in [-0.2, -0.15) is 0 Å². The zero-order valence-corrected chi connectivity index (χ0v) is 10.6. The molecule has 0 saturated heterocycles. The van der Waals surface area contributed by atoms with E-state index >= 15 is 0 Å². The molecule has 0 aliphatic carbocycles. The summed E-state index contributed by atoms with van der Waals surface area (Å²) >= 11 is 0. The fourth-order valence-electron chi connectivity index (χ4n) is 1.74. The van der Waals surface area contributed by atoms with Crippen LogP contribution in [0.3, 0.4) is 0 Å². The molecule has 0 bridgehead atoms. The van der Waals surface area contributed by atoms with Crippen LogP contribution < -0.4 is 5.32 Å². The van der Waals surface area contributed by atoms with Crippen LogP contribution >= 0.6 is 0 Å². The maximum Gasteiger partial charge on any atom is 0.258 e. The summed E-state index contributed by atoms with van der Waals surface area (Å²) in [5.74, 6) is -1.20. The van der Waals surface area contributed by atoms with Crippen molar-refractivity contribution in [2.45, 2.75) is 0 Å². The first-order chi connectivity index (χ1) is 10.2. The van der Waals surface area contributed by atoms with E-state index in [0.29, 0.717) is 11.4 Å². The topological polar surface area (TPSA) is 85.6 Å². The molecule has 21 heavy (non-hydrogen) atoms. The van der Waals surface area contributed by atoms with Gasteiger partial charge < -0.3 is 5.32 Å². The van der Waals surface area contributed by atoms with E-state index in [1.807, 2.05) is 0 Å². The van der Waals surface area contributed by atoms with Gasteiger partial charge in [0.25, 0.3) is 5.91 Å². The maximum atomic E-state index is 13.8. The molecule has 0 atom stereocenters.